The Balaban J connectivity index is 1.78. The number of halogens is 1. The number of imidazole rings is 1. The second-order valence-corrected chi connectivity index (χ2v) is 5.24. The summed E-state index contributed by atoms with van der Waals surface area (Å²) >= 11 is 0. The van der Waals surface area contributed by atoms with Crippen LogP contribution in [-0.2, 0) is 4.74 Å². The van der Waals surface area contributed by atoms with Gasteiger partial charge in [-0.15, -0.1) is 0 Å². The fourth-order valence-electron chi connectivity index (χ4n) is 2.31. The predicted molar refractivity (Wildman–Crippen MR) is 92.1 cm³/mol. The number of pyridine rings is 1. The van der Waals surface area contributed by atoms with Gasteiger partial charge in [0.25, 0.3) is 5.91 Å². The van der Waals surface area contributed by atoms with Crippen molar-refractivity contribution in [3.63, 3.8) is 0 Å². The summed E-state index contributed by atoms with van der Waals surface area (Å²) in [5.74, 6) is -1.30. The van der Waals surface area contributed by atoms with E-state index < -0.39 is 17.7 Å². The fraction of sp³-hybridized carbons (Fsp3) is 0.111. The Morgan fingerprint density at radius 3 is 2.65 bits per heavy atom. The van der Waals surface area contributed by atoms with Gasteiger partial charge in [-0.25, -0.2) is 19.2 Å². The van der Waals surface area contributed by atoms with Gasteiger partial charge < -0.3 is 15.0 Å². The number of benzene rings is 1. The Labute approximate surface area is 148 Å². The summed E-state index contributed by atoms with van der Waals surface area (Å²) in [6, 6.07) is 8.79. The first-order chi connectivity index (χ1) is 12.6. The first kappa shape index (κ1) is 17.3. The lowest BCUT2D eigenvalue weighted by Gasteiger charge is -2.06. The molecular weight excluding hydrogens is 339 g/mol. The molecule has 0 atom stereocenters. The lowest BCUT2D eigenvalue weighted by atomic mass is 10.1. The Bertz CT molecular complexity index is 938. The number of esters is 1. The maximum absolute atomic E-state index is 13.1. The highest BCUT2D eigenvalue weighted by molar-refractivity contribution is 6.04. The molecule has 3 rings (SSSR count). The molecule has 132 valence electrons. The number of hydrogen-bond donors (Lipinski definition) is 2. The van der Waals surface area contributed by atoms with Gasteiger partial charge in [0.2, 0.25) is 0 Å². The van der Waals surface area contributed by atoms with Crippen LogP contribution in [0, 0.1) is 5.82 Å². The predicted octanol–water partition coefficient (Wildman–Crippen LogP) is 3.04. The van der Waals surface area contributed by atoms with E-state index in [2.05, 4.69) is 20.3 Å². The van der Waals surface area contributed by atoms with E-state index in [9.17, 15) is 14.0 Å². The van der Waals surface area contributed by atoms with Gasteiger partial charge >= 0.3 is 5.97 Å². The monoisotopic (exact) mass is 354 g/mol. The average molecular weight is 354 g/mol. The molecule has 0 fully saturated rings. The smallest absolute Gasteiger partial charge is 0.357 e. The SMILES string of the molecule is CCOC(=O)c1[nH]cnc1-c1ccc(C(=O)Nc2cc(F)ccn2)cc1. The van der Waals surface area contributed by atoms with Crippen molar-refractivity contribution in [1.82, 2.24) is 15.0 Å². The van der Waals surface area contributed by atoms with Gasteiger partial charge in [0.15, 0.2) is 5.69 Å². The van der Waals surface area contributed by atoms with E-state index in [1.807, 2.05) is 0 Å². The van der Waals surface area contributed by atoms with E-state index >= 15 is 0 Å². The Morgan fingerprint density at radius 2 is 1.96 bits per heavy atom. The molecule has 0 spiro atoms. The summed E-state index contributed by atoms with van der Waals surface area (Å²) < 4.78 is 18.1. The van der Waals surface area contributed by atoms with Crippen molar-refractivity contribution in [3.8, 4) is 11.3 Å². The summed E-state index contributed by atoms with van der Waals surface area (Å²) in [7, 11) is 0. The summed E-state index contributed by atoms with van der Waals surface area (Å²) in [4.78, 5) is 34.9. The van der Waals surface area contributed by atoms with Gasteiger partial charge in [-0.1, -0.05) is 12.1 Å². The number of anilines is 1. The summed E-state index contributed by atoms with van der Waals surface area (Å²) in [5, 5.41) is 2.51. The van der Waals surface area contributed by atoms with Gasteiger partial charge in [0, 0.05) is 23.4 Å². The molecule has 26 heavy (non-hydrogen) atoms. The number of rotatable bonds is 5. The number of nitrogens with one attached hydrogen (secondary N) is 2. The van der Waals surface area contributed by atoms with E-state index in [4.69, 9.17) is 4.74 Å². The molecule has 0 aliphatic heterocycles. The van der Waals surface area contributed by atoms with E-state index in [0.717, 1.165) is 6.07 Å². The standard InChI is InChI=1S/C18H15FN4O3/c1-2-26-18(25)16-15(21-10-22-16)11-3-5-12(6-4-11)17(24)23-14-9-13(19)7-8-20-14/h3-10H,2H2,1H3,(H,21,22)(H,20,23,24). The molecule has 0 saturated carbocycles. The minimum Gasteiger partial charge on any atom is -0.461 e. The van der Waals surface area contributed by atoms with Crippen LogP contribution in [-0.4, -0.2) is 33.4 Å². The molecule has 0 aliphatic rings. The number of carbonyl (C=O) groups is 2. The van der Waals surface area contributed by atoms with Crippen LogP contribution in [0.3, 0.4) is 0 Å². The summed E-state index contributed by atoms with van der Waals surface area (Å²) in [5.41, 5.74) is 1.68. The maximum Gasteiger partial charge on any atom is 0.357 e. The van der Waals surface area contributed by atoms with Crippen molar-refractivity contribution in [1.29, 1.82) is 0 Å². The molecule has 0 unspecified atom stereocenters. The average Bonchev–Trinajstić information content (AvgIpc) is 3.12. The van der Waals surface area contributed by atoms with Gasteiger partial charge in [-0.2, -0.15) is 0 Å². The third-order valence-corrected chi connectivity index (χ3v) is 3.50. The highest BCUT2D eigenvalue weighted by Gasteiger charge is 2.17. The normalized spacial score (nSPS) is 10.4. The number of H-pyrrole nitrogens is 1. The van der Waals surface area contributed by atoms with Crippen LogP contribution in [0.15, 0.2) is 48.9 Å². The van der Waals surface area contributed by atoms with E-state index in [1.54, 1.807) is 31.2 Å². The van der Waals surface area contributed by atoms with Crippen molar-refractivity contribution < 1.29 is 18.7 Å². The minimum atomic E-state index is -0.501. The molecule has 7 nitrogen and oxygen atoms in total. The highest BCUT2D eigenvalue weighted by Crippen LogP contribution is 2.22. The first-order valence-corrected chi connectivity index (χ1v) is 7.82. The zero-order chi connectivity index (χ0) is 18.5. The molecule has 2 N–H and O–H groups in total. The lowest BCUT2D eigenvalue weighted by molar-refractivity contribution is 0.0521. The number of aromatic nitrogens is 3. The zero-order valence-corrected chi connectivity index (χ0v) is 13.8. The van der Waals surface area contributed by atoms with Crippen LogP contribution in [0.25, 0.3) is 11.3 Å². The second-order valence-electron chi connectivity index (χ2n) is 5.24. The number of amides is 1. The van der Waals surface area contributed by atoms with Gasteiger partial charge in [0.1, 0.15) is 17.3 Å². The minimum absolute atomic E-state index is 0.121. The molecular formula is C18H15FN4O3. The molecule has 8 heteroatoms. The highest BCUT2D eigenvalue weighted by atomic mass is 19.1. The lowest BCUT2D eigenvalue weighted by Crippen LogP contribution is -2.13. The maximum atomic E-state index is 13.1. The van der Waals surface area contributed by atoms with E-state index in [1.165, 1.54) is 18.6 Å². The number of carbonyl (C=O) groups excluding carboxylic acids is 2. The summed E-state index contributed by atoms with van der Waals surface area (Å²) in [6.45, 7) is 1.97. The third kappa shape index (κ3) is 3.75. The molecule has 3 aromatic rings. The van der Waals surface area contributed by atoms with Crippen molar-refractivity contribution in [2.45, 2.75) is 6.92 Å². The third-order valence-electron chi connectivity index (χ3n) is 3.50. The Kier molecular flexibility index (Phi) is 5.02. The Hall–Kier alpha value is -3.55. The first-order valence-electron chi connectivity index (χ1n) is 7.82. The van der Waals surface area contributed by atoms with Crippen LogP contribution in [0.4, 0.5) is 10.2 Å². The van der Waals surface area contributed by atoms with Crippen molar-refractivity contribution in [3.05, 3.63) is 66.0 Å². The van der Waals surface area contributed by atoms with Crippen LogP contribution in [0.5, 0.6) is 0 Å². The van der Waals surface area contributed by atoms with Crippen LogP contribution >= 0.6 is 0 Å². The molecule has 0 saturated heterocycles. The van der Waals surface area contributed by atoms with Crippen LogP contribution < -0.4 is 5.32 Å². The number of hydrogen-bond acceptors (Lipinski definition) is 5. The van der Waals surface area contributed by atoms with E-state index in [-0.39, 0.29) is 18.1 Å². The summed E-state index contributed by atoms with van der Waals surface area (Å²) in [6.07, 6.45) is 2.67. The van der Waals surface area contributed by atoms with Crippen LogP contribution in [0.1, 0.15) is 27.8 Å². The molecule has 2 heterocycles. The topological polar surface area (TPSA) is 97.0 Å². The van der Waals surface area contributed by atoms with Gasteiger partial charge in [-0.3, -0.25) is 4.79 Å². The van der Waals surface area contributed by atoms with Crippen molar-refractivity contribution >= 4 is 17.7 Å². The molecule has 2 aromatic heterocycles. The molecule has 1 amide bonds. The van der Waals surface area contributed by atoms with E-state index in [0.29, 0.717) is 16.8 Å². The number of aromatic amines is 1. The zero-order valence-electron chi connectivity index (χ0n) is 13.8. The number of ether oxygens (including phenoxy) is 1. The van der Waals surface area contributed by atoms with Crippen molar-refractivity contribution in [2.75, 3.05) is 11.9 Å². The molecule has 0 radical (unpaired) electrons. The second kappa shape index (κ2) is 7.56. The van der Waals surface area contributed by atoms with Crippen molar-refractivity contribution in [2.24, 2.45) is 0 Å². The molecule has 0 bridgehead atoms. The molecule has 0 aliphatic carbocycles. The van der Waals surface area contributed by atoms with Crippen LogP contribution in [0.2, 0.25) is 0 Å². The molecule has 1 aromatic carbocycles. The largest absolute Gasteiger partial charge is 0.461 e. The quantitative estimate of drug-likeness (QED) is 0.687. The van der Waals surface area contributed by atoms with Gasteiger partial charge in [0.05, 0.1) is 12.9 Å². The Morgan fingerprint density at radius 1 is 1.19 bits per heavy atom. The number of nitrogens with zero attached hydrogens (tertiary/aromatic N) is 2. The fourth-order valence-corrected chi connectivity index (χ4v) is 2.31. The van der Waals surface area contributed by atoms with Gasteiger partial charge in [-0.05, 0) is 25.1 Å².